The number of hydrogen-bond donors (Lipinski definition) is 1. The van der Waals surface area contributed by atoms with Crippen LogP contribution in [0, 0.1) is 13.8 Å². The summed E-state index contributed by atoms with van der Waals surface area (Å²) in [6.45, 7) is 7.40. The second-order valence-corrected chi connectivity index (χ2v) is 5.77. The van der Waals surface area contributed by atoms with E-state index >= 15 is 0 Å². The molecule has 0 aliphatic carbocycles. The molecule has 3 rings (SSSR count). The number of nitrogens with zero attached hydrogens (tertiary/aromatic N) is 4. The molecule has 1 aromatic carbocycles. The molecule has 0 atom stereocenters. The average molecular weight is 315 g/mol. The fourth-order valence-electron chi connectivity index (χ4n) is 2.54. The van der Waals surface area contributed by atoms with Gasteiger partial charge in [-0.05, 0) is 19.1 Å². The van der Waals surface area contributed by atoms with E-state index in [-0.39, 0.29) is 6.03 Å². The summed E-state index contributed by atoms with van der Waals surface area (Å²) in [6.07, 6.45) is 0. The molecule has 2 aromatic rings. The van der Waals surface area contributed by atoms with E-state index in [0.29, 0.717) is 31.4 Å². The summed E-state index contributed by atoms with van der Waals surface area (Å²) in [7, 11) is 0. The van der Waals surface area contributed by atoms with Crippen molar-refractivity contribution in [3.8, 4) is 0 Å². The summed E-state index contributed by atoms with van der Waals surface area (Å²) in [5.74, 6) is 1.20. The molecule has 0 bridgehead atoms. The Hall–Kier alpha value is -2.41. The number of urea groups is 1. The van der Waals surface area contributed by atoms with Crippen LogP contribution in [0.1, 0.15) is 17.3 Å². The van der Waals surface area contributed by atoms with Crippen molar-refractivity contribution in [1.29, 1.82) is 0 Å². The van der Waals surface area contributed by atoms with Crippen molar-refractivity contribution < 1.29 is 9.21 Å². The second kappa shape index (κ2) is 6.78. The van der Waals surface area contributed by atoms with Crippen LogP contribution in [-0.4, -0.2) is 52.2 Å². The lowest BCUT2D eigenvalue weighted by molar-refractivity contribution is 0.135. The molecular formula is C16H21N5O2. The number of nitrogens with one attached hydrogen (secondary N) is 1. The molecule has 0 spiro atoms. The summed E-state index contributed by atoms with van der Waals surface area (Å²) < 4.78 is 5.39. The third-order valence-electron chi connectivity index (χ3n) is 3.89. The minimum Gasteiger partial charge on any atom is -0.424 e. The van der Waals surface area contributed by atoms with E-state index < -0.39 is 0 Å². The predicted molar refractivity (Wildman–Crippen MR) is 86.1 cm³/mol. The number of anilines is 1. The van der Waals surface area contributed by atoms with Gasteiger partial charge in [0.05, 0.1) is 6.54 Å². The first-order chi connectivity index (χ1) is 11.1. The normalized spacial score (nSPS) is 15.7. The zero-order valence-corrected chi connectivity index (χ0v) is 13.5. The monoisotopic (exact) mass is 315 g/mol. The topological polar surface area (TPSA) is 74.5 Å². The van der Waals surface area contributed by atoms with Gasteiger partial charge in [-0.2, -0.15) is 0 Å². The molecule has 2 heterocycles. The van der Waals surface area contributed by atoms with E-state index in [9.17, 15) is 4.79 Å². The first-order valence-electron chi connectivity index (χ1n) is 7.74. The van der Waals surface area contributed by atoms with Gasteiger partial charge in [-0.15, -0.1) is 10.2 Å². The maximum Gasteiger partial charge on any atom is 0.321 e. The summed E-state index contributed by atoms with van der Waals surface area (Å²) in [5, 5.41) is 10.8. The van der Waals surface area contributed by atoms with E-state index in [0.717, 1.165) is 18.8 Å². The van der Waals surface area contributed by atoms with Crippen LogP contribution in [0.4, 0.5) is 10.5 Å². The van der Waals surface area contributed by atoms with Gasteiger partial charge in [0.1, 0.15) is 0 Å². The van der Waals surface area contributed by atoms with Gasteiger partial charge < -0.3 is 14.6 Å². The van der Waals surface area contributed by atoms with E-state index in [2.05, 4.69) is 20.4 Å². The molecule has 23 heavy (non-hydrogen) atoms. The summed E-state index contributed by atoms with van der Waals surface area (Å²) in [5.41, 5.74) is 2.00. The van der Waals surface area contributed by atoms with Crippen LogP contribution in [-0.2, 0) is 6.54 Å². The van der Waals surface area contributed by atoms with Crippen molar-refractivity contribution in [3.05, 3.63) is 41.6 Å². The number of aromatic nitrogens is 2. The highest BCUT2D eigenvalue weighted by atomic mass is 16.4. The largest absolute Gasteiger partial charge is 0.424 e. The van der Waals surface area contributed by atoms with Crippen molar-refractivity contribution in [1.82, 2.24) is 20.0 Å². The van der Waals surface area contributed by atoms with Crippen molar-refractivity contribution in [2.24, 2.45) is 0 Å². The van der Waals surface area contributed by atoms with Gasteiger partial charge in [-0.25, -0.2) is 4.79 Å². The average Bonchev–Trinajstić information content (AvgIpc) is 2.95. The Morgan fingerprint density at radius 3 is 2.43 bits per heavy atom. The molecule has 0 unspecified atom stereocenters. The fourth-order valence-corrected chi connectivity index (χ4v) is 2.54. The standard InChI is InChI=1S/C16H21N5O2/c1-12-3-5-14(6-4-12)17-16(22)21-9-7-20(8-10-21)11-15-19-18-13(2)23-15/h3-6H,7-11H2,1-2H3,(H,17,22). The lowest BCUT2D eigenvalue weighted by atomic mass is 10.2. The first-order valence-corrected chi connectivity index (χ1v) is 7.74. The molecule has 1 N–H and O–H groups in total. The van der Waals surface area contributed by atoms with Crippen LogP contribution >= 0.6 is 0 Å². The highest BCUT2D eigenvalue weighted by molar-refractivity contribution is 5.89. The number of benzene rings is 1. The zero-order valence-electron chi connectivity index (χ0n) is 13.5. The van der Waals surface area contributed by atoms with Gasteiger partial charge in [0.2, 0.25) is 11.8 Å². The number of hydrogen-bond acceptors (Lipinski definition) is 5. The summed E-state index contributed by atoms with van der Waals surface area (Å²) in [4.78, 5) is 16.3. The third kappa shape index (κ3) is 4.07. The fraction of sp³-hybridized carbons (Fsp3) is 0.438. The van der Waals surface area contributed by atoms with Crippen LogP contribution < -0.4 is 5.32 Å². The van der Waals surface area contributed by atoms with Crippen molar-refractivity contribution in [2.75, 3.05) is 31.5 Å². The van der Waals surface area contributed by atoms with Gasteiger partial charge in [0, 0.05) is 38.8 Å². The second-order valence-electron chi connectivity index (χ2n) is 5.77. The molecule has 7 heteroatoms. The maximum atomic E-state index is 12.3. The number of carbonyl (C=O) groups is 1. The van der Waals surface area contributed by atoms with Gasteiger partial charge in [-0.3, -0.25) is 4.90 Å². The summed E-state index contributed by atoms with van der Waals surface area (Å²) in [6, 6.07) is 7.75. The zero-order chi connectivity index (χ0) is 16.2. The molecule has 1 aliphatic rings. The molecule has 0 radical (unpaired) electrons. The minimum atomic E-state index is -0.0536. The molecule has 2 amide bonds. The Morgan fingerprint density at radius 2 is 1.83 bits per heavy atom. The molecule has 7 nitrogen and oxygen atoms in total. The molecule has 0 saturated carbocycles. The highest BCUT2D eigenvalue weighted by Crippen LogP contribution is 2.12. The summed E-state index contributed by atoms with van der Waals surface area (Å²) >= 11 is 0. The number of rotatable bonds is 3. The first kappa shape index (κ1) is 15.5. The van der Waals surface area contributed by atoms with Crippen LogP contribution in [0.3, 0.4) is 0 Å². The predicted octanol–water partition coefficient (Wildman–Crippen LogP) is 2.04. The molecule has 1 saturated heterocycles. The van der Waals surface area contributed by atoms with Crippen molar-refractivity contribution in [2.45, 2.75) is 20.4 Å². The number of carbonyl (C=O) groups excluding carboxylic acids is 1. The molecule has 1 aliphatic heterocycles. The smallest absolute Gasteiger partial charge is 0.321 e. The van der Waals surface area contributed by atoms with Gasteiger partial charge in [-0.1, -0.05) is 17.7 Å². The maximum absolute atomic E-state index is 12.3. The minimum absolute atomic E-state index is 0.0536. The van der Waals surface area contributed by atoms with Gasteiger partial charge >= 0.3 is 6.03 Å². The molecule has 1 aromatic heterocycles. The van der Waals surface area contributed by atoms with Crippen molar-refractivity contribution >= 4 is 11.7 Å². The quantitative estimate of drug-likeness (QED) is 0.938. The van der Waals surface area contributed by atoms with Gasteiger partial charge in [0.25, 0.3) is 0 Å². The van der Waals surface area contributed by atoms with E-state index in [4.69, 9.17) is 4.42 Å². The highest BCUT2D eigenvalue weighted by Gasteiger charge is 2.22. The SMILES string of the molecule is Cc1ccc(NC(=O)N2CCN(Cc3nnc(C)o3)CC2)cc1. The number of piperazine rings is 1. The van der Waals surface area contributed by atoms with Gasteiger partial charge in [0.15, 0.2) is 0 Å². The Kier molecular flexibility index (Phi) is 4.57. The lowest BCUT2D eigenvalue weighted by Gasteiger charge is -2.33. The van der Waals surface area contributed by atoms with Crippen LogP contribution in [0.15, 0.2) is 28.7 Å². The number of amides is 2. The Morgan fingerprint density at radius 1 is 1.13 bits per heavy atom. The van der Waals surface area contributed by atoms with E-state index in [1.165, 1.54) is 5.56 Å². The molecule has 1 fully saturated rings. The Labute approximate surface area is 135 Å². The van der Waals surface area contributed by atoms with Crippen LogP contribution in [0.2, 0.25) is 0 Å². The number of aryl methyl sites for hydroxylation is 2. The van der Waals surface area contributed by atoms with Crippen LogP contribution in [0.25, 0.3) is 0 Å². The van der Waals surface area contributed by atoms with E-state index in [1.807, 2.05) is 36.1 Å². The molecular weight excluding hydrogens is 294 g/mol. The molecule has 122 valence electrons. The third-order valence-corrected chi connectivity index (χ3v) is 3.89. The van der Waals surface area contributed by atoms with Crippen LogP contribution in [0.5, 0.6) is 0 Å². The van der Waals surface area contributed by atoms with Crippen molar-refractivity contribution in [3.63, 3.8) is 0 Å². The van der Waals surface area contributed by atoms with E-state index in [1.54, 1.807) is 6.92 Å². The Balaban J connectivity index is 1.48. The Bertz CT molecular complexity index is 659. The lowest BCUT2D eigenvalue weighted by Crippen LogP contribution is -2.49.